The third-order valence-corrected chi connectivity index (χ3v) is 0.758. The lowest BCUT2D eigenvalue weighted by Crippen LogP contribution is -1.85. The second-order valence-corrected chi connectivity index (χ2v) is 2.58. The lowest BCUT2D eigenvalue weighted by molar-refractivity contribution is 0.216. The van der Waals surface area contributed by atoms with Crippen LogP contribution in [0.5, 0.6) is 0 Å². The minimum atomic E-state index is -0.167. The molecule has 0 aliphatic carbocycles. The summed E-state index contributed by atoms with van der Waals surface area (Å²) in [5.74, 6) is 0. The number of aliphatic hydroxyl groups is 1. The normalized spacial score (nSPS) is 7.07. The molecule has 1 aromatic rings. The molecule has 0 unspecified atom stereocenters. The number of hydrogen-bond acceptors (Lipinski definition) is 2. The first-order chi connectivity index (χ1) is 6.65. The van der Waals surface area contributed by atoms with Gasteiger partial charge >= 0.3 is 0 Å². The van der Waals surface area contributed by atoms with E-state index in [1.165, 1.54) is 6.08 Å². The van der Waals surface area contributed by atoms with Gasteiger partial charge in [0.05, 0.1) is 6.07 Å². The number of benzene rings is 1. The van der Waals surface area contributed by atoms with E-state index < -0.39 is 0 Å². The van der Waals surface area contributed by atoms with E-state index in [4.69, 9.17) is 10.4 Å². The largest absolute Gasteiger partial charge is 0.394 e. The molecule has 0 heterocycles. The van der Waals surface area contributed by atoms with E-state index in [1.807, 2.05) is 36.4 Å². The fourth-order valence-corrected chi connectivity index (χ4v) is 0.385. The SMILES string of the molecule is C=CC#N.CC(C)O.c1ccccc1. The summed E-state index contributed by atoms with van der Waals surface area (Å²) in [6.45, 7) is 6.56. The Morgan fingerprint density at radius 1 is 1.14 bits per heavy atom. The minimum absolute atomic E-state index is 0.167. The molecule has 0 aliphatic heterocycles. The van der Waals surface area contributed by atoms with Gasteiger partial charge in [0, 0.05) is 12.2 Å². The maximum Gasteiger partial charge on any atom is 0.0905 e. The molecule has 0 saturated carbocycles. The average Bonchev–Trinajstić information content (AvgIpc) is 2.20. The Hall–Kier alpha value is -1.59. The molecule has 2 nitrogen and oxygen atoms in total. The molecule has 1 rings (SSSR count). The second kappa shape index (κ2) is 14.0. The van der Waals surface area contributed by atoms with E-state index in [1.54, 1.807) is 19.9 Å². The summed E-state index contributed by atoms with van der Waals surface area (Å²) in [4.78, 5) is 0. The van der Waals surface area contributed by atoms with Crippen LogP contribution in [-0.2, 0) is 0 Å². The molecular weight excluding hydrogens is 174 g/mol. The molecule has 0 amide bonds. The van der Waals surface area contributed by atoms with E-state index in [0.29, 0.717) is 0 Å². The highest BCUT2D eigenvalue weighted by molar-refractivity contribution is 4.99. The van der Waals surface area contributed by atoms with Crippen LogP contribution >= 0.6 is 0 Å². The Morgan fingerprint density at radius 3 is 1.36 bits per heavy atom. The minimum Gasteiger partial charge on any atom is -0.394 e. The zero-order valence-electron chi connectivity index (χ0n) is 8.72. The van der Waals surface area contributed by atoms with Crippen LogP contribution < -0.4 is 0 Å². The molecule has 76 valence electrons. The van der Waals surface area contributed by atoms with Gasteiger partial charge in [-0.2, -0.15) is 5.26 Å². The van der Waals surface area contributed by atoms with Gasteiger partial charge in [0.15, 0.2) is 0 Å². The molecule has 0 aromatic heterocycles. The quantitative estimate of drug-likeness (QED) is 0.641. The summed E-state index contributed by atoms with van der Waals surface area (Å²) < 4.78 is 0. The van der Waals surface area contributed by atoms with Crippen molar-refractivity contribution in [3.63, 3.8) is 0 Å². The first-order valence-corrected chi connectivity index (χ1v) is 4.33. The molecule has 0 radical (unpaired) electrons. The van der Waals surface area contributed by atoms with Crippen molar-refractivity contribution in [2.45, 2.75) is 20.0 Å². The van der Waals surface area contributed by atoms with E-state index >= 15 is 0 Å². The van der Waals surface area contributed by atoms with Crippen LogP contribution in [0.1, 0.15) is 13.8 Å². The Labute approximate surface area is 86.1 Å². The number of nitriles is 1. The van der Waals surface area contributed by atoms with Gasteiger partial charge in [-0.15, -0.1) is 0 Å². The Bertz CT molecular complexity index is 207. The summed E-state index contributed by atoms with van der Waals surface area (Å²) >= 11 is 0. The molecule has 0 aliphatic rings. The van der Waals surface area contributed by atoms with E-state index in [0.717, 1.165) is 0 Å². The monoisotopic (exact) mass is 191 g/mol. The van der Waals surface area contributed by atoms with Gasteiger partial charge in [-0.3, -0.25) is 0 Å². The van der Waals surface area contributed by atoms with Gasteiger partial charge in [0.2, 0.25) is 0 Å². The van der Waals surface area contributed by atoms with Crippen molar-refractivity contribution in [1.82, 2.24) is 0 Å². The van der Waals surface area contributed by atoms with Gasteiger partial charge in [0.1, 0.15) is 0 Å². The van der Waals surface area contributed by atoms with Crippen molar-refractivity contribution in [1.29, 1.82) is 5.26 Å². The van der Waals surface area contributed by atoms with Crippen LogP contribution in [-0.4, -0.2) is 11.2 Å². The lowest BCUT2D eigenvalue weighted by Gasteiger charge is -1.80. The summed E-state index contributed by atoms with van der Waals surface area (Å²) in [6, 6.07) is 13.7. The third-order valence-electron chi connectivity index (χ3n) is 0.758. The van der Waals surface area contributed by atoms with E-state index in [9.17, 15) is 0 Å². The van der Waals surface area contributed by atoms with Gasteiger partial charge in [-0.1, -0.05) is 43.0 Å². The Morgan fingerprint density at radius 2 is 1.29 bits per heavy atom. The van der Waals surface area contributed by atoms with Crippen molar-refractivity contribution in [3.8, 4) is 6.07 Å². The predicted octanol–water partition coefficient (Wildman–Crippen LogP) is 2.77. The molecule has 0 atom stereocenters. The van der Waals surface area contributed by atoms with Gasteiger partial charge in [-0.25, -0.2) is 0 Å². The van der Waals surface area contributed by atoms with Crippen molar-refractivity contribution >= 4 is 0 Å². The number of aliphatic hydroxyl groups excluding tert-OH is 1. The number of nitrogens with zero attached hydrogens (tertiary/aromatic N) is 1. The third kappa shape index (κ3) is 31.5. The molecule has 0 fully saturated rings. The molecule has 2 heteroatoms. The van der Waals surface area contributed by atoms with E-state index in [2.05, 4.69) is 6.58 Å². The molecule has 0 spiro atoms. The highest BCUT2D eigenvalue weighted by Crippen LogP contribution is 1.79. The summed E-state index contributed by atoms with van der Waals surface area (Å²) in [7, 11) is 0. The van der Waals surface area contributed by atoms with Gasteiger partial charge < -0.3 is 5.11 Å². The first kappa shape index (κ1) is 14.9. The maximum absolute atomic E-state index is 8.06. The summed E-state index contributed by atoms with van der Waals surface area (Å²) in [6.07, 6.45) is 1.01. The van der Waals surface area contributed by atoms with Crippen LogP contribution in [0, 0.1) is 11.3 Å². The molecule has 1 N–H and O–H groups in total. The topological polar surface area (TPSA) is 44.0 Å². The van der Waals surface area contributed by atoms with Gasteiger partial charge in [-0.05, 0) is 13.8 Å². The molecule has 14 heavy (non-hydrogen) atoms. The van der Waals surface area contributed by atoms with Crippen LogP contribution in [0.4, 0.5) is 0 Å². The van der Waals surface area contributed by atoms with Gasteiger partial charge in [0.25, 0.3) is 0 Å². The maximum atomic E-state index is 8.06. The van der Waals surface area contributed by atoms with Crippen molar-refractivity contribution in [3.05, 3.63) is 49.1 Å². The highest BCUT2D eigenvalue weighted by Gasteiger charge is 1.69. The van der Waals surface area contributed by atoms with Crippen LogP contribution in [0.25, 0.3) is 0 Å². The Kier molecular flexibility index (Phi) is 14.9. The van der Waals surface area contributed by atoms with Crippen LogP contribution in [0.3, 0.4) is 0 Å². The van der Waals surface area contributed by atoms with Crippen LogP contribution in [0.2, 0.25) is 0 Å². The molecule has 0 bridgehead atoms. The smallest absolute Gasteiger partial charge is 0.0905 e. The standard InChI is InChI=1S/C6H6.C3H3N.C3H8O/c1-2-4-6-5-3-1;1-2-3-4;1-3(2)4/h1-6H;2H,1H2;3-4H,1-2H3. The molecule has 1 aromatic carbocycles. The average molecular weight is 191 g/mol. The highest BCUT2D eigenvalue weighted by atomic mass is 16.3. The summed E-state index contributed by atoms with van der Waals surface area (Å²) in [5, 5.41) is 15.6. The number of allylic oxidation sites excluding steroid dienone is 1. The van der Waals surface area contributed by atoms with Crippen LogP contribution in [0.15, 0.2) is 49.1 Å². The predicted molar refractivity (Wildman–Crippen MR) is 59.6 cm³/mol. The fourth-order valence-electron chi connectivity index (χ4n) is 0.385. The number of rotatable bonds is 0. The molecular formula is C12H17NO. The summed E-state index contributed by atoms with van der Waals surface area (Å²) in [5.41, 5.74) is 0. The zero-order valence-corrected chi connectivity index (χ0v) is 8.72. The fraction of sp³-hybridized carbons (Fsp3) is 0.250. The van der Waals surface area contributed by atoms with Crippen molar-refractivity contribution in [2.75, 3.05) is 0 Å². The zero-order chi connectivity index (χ0) is 11.2. The van der Waals surface area contributed by atoms with Crippen molar-refractivity contribution in [2.24, 2.45) is 0 Å². The lowest BCUT2D eigenvalue weighted by atomic mass is 10.4. The Balaban J connectivity index is 0. The van der Waals surface area contributed by atoms with Crippen molar-refractivity contribution < 1.29 is 5.11 Å². The number of hydrogen-bond donors (Lipinski definition) is 1. The second-order valence-electron chi connectivity index (χ2n) is 2.58. The first-order valence-electron chi connectivity index (χ1n) is 4.33. The van der Waals surface area contributed by atoms with E-state index in [-0.39, 0.29) is 6.10 Å². The molecule has 0 saturated heterocycles.